The number of nitrogens with zero attached hydrogens (tertiary/aromatic N) is 15. The van der Waals surface area contributed by atoms with E-state index in [2.05, 4.69) is 29.4 Å². The fourth-order valence-corrected chi connectivity index (χ4v) is 14.9. The summed E-state index contributed by atoms with van der Waals surface area (Å²) in [4.78, 5) is 153. The number of piperazine rings is 3. The van der Waals surface area contributed by atoms with Crippen LogP contribution in [0.25, 0.3) is 35.2 Å². The molecule has 6 saturated heterocycles. The number of thioether (sulfide) groups is 3. The normalized spacial score (nSPS) is 18.4. The van der Waals surface area contributed by atoms with Gasteiger partial charge in [-0.25, -0.2) is 15.0 Å². The van der Waals surface area contributed by atoms with Crippen LogP contribution < -0.4 is 31.4 Å². The third-order valence-electron chi connectivity index (χ3n) is 16.5. The summed E-state index contributed by atoms with van der Waals surface area (Å²) in [5.74, 6) is -3.39. The molecule has 6 aliphatic rings. The third kappa shape index (κ3) is 18.2. The molecule has 35 heteroatoms. The molecule has 6 aromatic rings. The minimum atomic E-state index is -1.01. The molecule has 0 atom stereocenters. The number of amides is 3. The van der Waals surface area contributed by atoms with Gasteiger partial charge in [0.2, 0.25) is 0 Å². The Kier molecular flexibility index (Phi) is 25.0. The molecule has 0 aromatic carbocycles. The van der Waals surface area contributed by atoms with Crippen molar-refractivity contribution in [2.45, 2.75) is 47.0 Å². The second-order valence-corrected chi connectivity index (χ2v) is 29.1. The van der Waals surface area contributed by atoms with Crippen molar-refractivity contribution in [2.24, 2.45) is 0 Å². The van der Waals surface area contributed by atoms with Gasteiger partial charge in [-0.3, -0.25) is 75.8 Å². The van der Waals surface area contributed by atoms with Crippen molar-refractivity contribution in [1.82, 2.24) is 57.6 Å². The van der Waals surface area contributed by atoms with Crippen LogP contribution in [0, 0.1) is 20.8 Å². The zero-order valence-corrected chi connectivity index (χ0v) is 60.6. The number of carboxylic acids is 4. The van der Waals surface area contributed by atoms with Gasteiger partial charge in [0.15, 0.2) is 0 Å². The second kappa shape index (κ2) is 33.1. The van der Waals surface area contributed by atoms with Gasteiger partial charge in [-0.2, -0.15) is 0 Å². The van der Waals surface area contributed by atoms with E-state index < -0.39 is 23.9 Å². The first-order valence-corrected chi connectivity index (χ1v) is 35.1. The summed E-state index contributed by atoms with van der Waals surface area (Å²) < 4.78 is 5.33. The Morgan fingerprint density at radius 2 is 0.650 bits per heavy atom. The van der Waals surface area contributed by atoms with E-state index in [-0.39, 0.29) is 86.3 Å². The Morgan fingerprint density at radius 1 is 0.420 bits per heavy atom. The smallest absolute Gasteiger partial charge is 0.305 e. The molecule has 0 radical (unpaired) electrons. The molecule has 6 fully saturated rings. The fraction of sp³-hybridized carbons (Fsp3) is 0.385. The minimum absolute atomic E-state index is 0.00317. The number of rotatable bonds is 15. The summed E-state index contributed by atoms with van der Waals surface area (Å²) in [6, 6.07) is 11.1. The number of likely N-dealkylation sites (N-methyl/N-ethyl adjacent to an activating group) is 3. The summed E-state index contributed by atoms with van der Waals surface area (Å²) in [5, 5.41) is 34.2. The second-order valence-electron chi connectivity index (χ2n) is 24.1. The number of pyridine rings is 3. The van der Waals surface area contributed by atoms with Crippen molar-refractivity contribution in [2.75, 3.05) is 134 Å². The molecule has 100 heavy (non-hydrogen) atoms. The molecule has 0 aliphatic carbocycles. The Bertz CT molecular complexity index is 4160. The maximum absolute atomic E-state index is 13.5. The average molecular weight is 1480 g/mol. The maximum atomic E-state index is 13.5. The Morgan fingerprint density at radius 3 is 0.870 bits per heavy atom. The van der Waals surface area contributed by atoms with Gasteiger partial charge < -0.3 is 49.8 Å². The third-order valence-corrected chi connectivity index (χ3v) is 20.6. The molecule has 528 valence electrons. The highest BCUT2D eigenvalue weighted by molar-refractivity contribution is 8.27. The lowest BCUT2D eigenvalue weighted by atomic mass is 10.2. The Hall–Kier alpha value is -8.81. The molecule has 29 nitrogen and oxygen atoms in total. The van der Waals surface area contributed by atoms with E-state index in [0.29, 0.717) is 105 Å². The van der Waals surface area contributed by atoms with Crippen LogP contribution in [-0.4, -0.2) is 252 Å². The number of carboxylic acid groups (broad SMARTS) is 4. The van der Waals surface area contributed by atoms with Crippen LogP contribution in [0.5, 0.6) is 0 Å². The van der Waals surface area contributed by atoms with Crippen LogP contribution in [0.3, 0.4) is 0 Å². The van der Waals surface area contributed by atoms with Crippen molar-refractivity contribution in [3.63, 3.8) is 0 Å². The summed E-state index contributed by atoms with van der Waals surface area (Å²) in [6.07, 6.45) is 9.24. The summed E-state index contributed by atoms with van der Waals surface area (Å²) in [7, 11) is 6.14. The van der Waals surface area contributed by atoms with Crippen molar-refractivity contribution in [3.8, 4) is 0 Å². The topological polar surface area (TPSA) is 333 Å². The van der Waals surface area contributed by atoms with Gasteiger partial charge >= 0.3 is 17.9 Å². The van der Waals surface area contributed by atoms with E-state index in [1.54, 1.807) is 36.8 Å². The number of fused-ring (bicyclic) bond motifs is 3. The van der Waals surface area contributed by atoms with E-state index in [4.69, 9.17) is 76.8 Å². The lowest BCUT2D eigenvalue weighted by molar-refractivity contribution is -0.138. The van der Waals surface area contributed by atoms with Gasteiger partial charge in [0.25, 0.3) is 40.4 Å². The Labute approximate surface area is 602 Å². The number of aromatic nitrogens is 6. The van der Waals surface area contributed by atoms with Gasteiger partial charge in [0.1, 0.15) is 47.4 Å². The number of carbonyl (C=O) groups is 7. The number of anilines is 3. The molecule has 3 amide bonds. The molecule has 12 rings (SSSR count). The zero-order valence-electron chi connectivity index (χ0n) is 55.7. The number of aryl methyl sites for hydroxylation is 3. The average Bonchev–Trinajstić information content (AvgIpc) is 1.05. The van der Waals surface area contributed by atoms with E-state index in [0.717, 1.165) is 98.2 Å². The van der Waals surface area contributed by atoms with Crippen LogP contribution >= 0.6 is 71.9 Å². The first-order valence-electron chi connectivity index (χ1n) is 31.5. The highest BCUT2D eigenvalue weighted by Gasteiger charge is 2.37. The van der Waals surface area contributed by atoms with Gasteiger partial charge in [0, 0.05) is 124 Å². The number of hydrogen-bond donors (Lipinski definition) is 4. The molecular weight excluding hydrogens is 1410 g/mol. The van der Waals surface area contributed by atoms with Crippen LogP contribution in [0.15, 0.2) is 84.1 Å². The largest absolute Gasteiger partial charge is 0.481 e. The molecule has 12 heterocycles. The summed E-state index contributed by atoms with van der Waals surface area (Å²) >= 11 is 19.1. The molecule has 0 bridgehead atoms. The van der Waals surface area contributed by atoms with E-state index in [1.165, 1.54) is 27.9 Å². The first kappa shape index (κ1) is 75.4. The standard InChI is InChI=1S/3C21H23N5O4S2.C2H4O2/c3*1-13-3-4-16-22-18(24-9-7-23(2)8-10-24)14(19(29)26(16)12-13)11-15-20(30)25(21(31)32-15)6-5-17(27)28;1-2(3)4/h3*3-4,11-12H,5-10H2,1-2H3,(H,27,28);1H3,(H,3,4)/b3*15-11-;. The van der Waals surface area contributed by atoms with Crippen molar-refractivity contribution in [3.05, 3.63) is 134 Å². The molecule has 0 spiro atoms. The first-order chi connectivity index (χ1) is 47.5. The van der Waals surface area contributed by atoms with Crippen LogP contribution in [-0.2, 0) is 33.6 Å². The van der Waals surface area contributed by atoms with Crippen molar-refractivity contribution in [1.29, 1.82) is 0 Å². The fourth-order valence-electron chi connectivity index (χ4n) is 11.0. The van der Waals surface area contributed by atoms with Gasteiger partial charge in [0.05, 0.1) is 50.7 Å². The number of hydrogen-bond acceptors (Lipinski definition) is 25. The van der Waals surface area contributed by atoms with E-state index in [1.807, 2.05) is 78.3 Å². The summed E-state index contributed by atoms with van der Waals surface area (Å²) in [6.45, 7) is 16.1. The quantitative estimate of drug-likeness (QED) is 0.0818. The molecular formula is C65H73N15O14S6. The van der Waals surface area contributed by atoms with E-state index in [9.17, 15) is 43.2 Å². The molecule has 0 saturated carbocycles. The zero-order chi connectivity index (χ0) is 72.5. The highest BCUT2D eigenvalue weighted by Crippen LogP contribution is 2.37. The SMILES string of the molecule is CC(=O)O.Cc1ccc2nc(N3CCN(C)CC3)c(/C=C3\SC(=S)N(CCC(=O)O)C3=O)c(=O)n2c1.Cc1ccc2nc(N3CCN(C)CC3)c(/C=C3\SC(=S)N(CCC(=O)O)C3=O)c(=O)n2c1.Cc1ccc2nc(N3CCN(C)CC3)c(/C=C3\SC(=S)N(CCC(=O)O)C3=O)c(=O)n2c1. The van der Waals surface area contributed by atoms with Crippen LogP contribution in [0.4, 0.5) is 17.5 Å². The van der Waals surface area contributed by atoms with Gasteiger partial charge in [-0.15, -0.1) is 0 Å². The molecule has 6 aliphatic heterocycles. The number of aliphatic carboxylic acids is 4. The van der Waals surface area contributed by atoms with E-state index >= 15 is 0 Å². The van der Waals surface area contributed by atoms with Crippen LogP contribution in [0.2, 0.25) is 0 Å². The lowest BCUT2D eigenvalue weighted by Gasteiger charge is -2.34. The number of thiocarbonyl (C=S) groups is 3. The predicted molar refractivity (Wildman–Crippen MR) is 397 cm³/mol. The lowest BCUT2D eigenvalue weighted by Crippen LogP contribution is -2.45. The predicted octanol–water partition coefficient (Wildman–Crippen LogP) is 4.38. The maximum Gasteiger partial charge on any atom is 0.305 e. The monoisotopic (exact) mass is 1480 g/mol. The van der Waals surface area contributed by atoms with Crippen LogP contribution in [0.1, 0.15) is 59.6 Å². The number of carbonyl (C=O) groups excluding carboxylic acids is 3. The van der Waals surface area contributed by atoms with Gasteiger partial charge in [-0.05, 0) is 95.0 Å². The minimum Gasteiger partial charge on any atom is -0.481 e. The molecule has 0 unspecified atom stereocenters. The molecule has 4 N–H and O–H groups in total. The molecule has 6 aromatic heterocycles. The van der Waals surface area contributed by atoms with Crippen molar-refractivity contribution >= 4 is 179 Å². The van der Waals surface area contributed by atoms with Gasteiger partial charge in [-0.1, -0.05) is 90.1 Å². The summed E-state index contributed by atoms with van der Waals surface area (Å²) in [5.41, 5.74) is 4.58. The van der Waals surface area contributed by atoms with Crippen molar-refractivity contribution < 1.29 is 54.0 Å². The Balaban J connectivity index is 0.000000170. The highest BCUT2D eigenvalue weighted by atomic mass is 32.2.